The molecule has 0 atom stereocenters. The molecule has 2 aromatic rings. The Labute approximate surface area is 113 Å². The van der Waals surface area contributed by atoms with Crippen LogP contribution < -0.4 is 10.2 Å². The van der Waals surface area contributed by atoms with Gasteiger partial charge in [0, 0.05) is 25.2 Å². The molecule has 1 fully saturated rings. The van der Waals surface area contributed by atoms with Crippen LogP contribution in [0.15, 0.2) is 24.3 Å². The van der Waals surface area contributed by atoms with Crippen LogP contribution >= 0.6 is 0 Å². The van der Waals surface area contributed by atoms with E-state index in [4.69, 9.17) is 0 Å². The van der Waals surface area contributed by atoms with E-state index in [0.717, 1.165) is 49.9 Å². The molecular weight excluding hydrogens is 238 g/mol. The smallest absolute Gasteiger partial charge is 0.245 e. The van der Waals surface area contributed by atoms with Gasteiger partial charge in [-0.25, -0.2) is 0 Å². The lowest BCUT2D eigenvalue weighted by Gasteiger charge is -2.16. The summed E-state index contributed by atoms with van der Waals surface area (Å²) in [6, 6.07) is 8.31. The molecule has 5 heteroatoms. The highest BCUT2D eigenvalue weighted by molar-refractivity contribution is 5.57. The van der Waals surface area contributed by atoms with E-state index in [-0.39, 0.29) is 0 Å². The molecule has 0 unspecified atom stereocenters. The van der Waals surface area contributed by atoms with Crippen LogP contribution in [0.1, 0.15) is 12.0 Å². The first kappa shape index (κ1) is 12.2. The van der Waals surface area contributed by atoms with Crippen LogP contribution in [0.25, 0.3) is 11.4 Å². The molecule has 1 saturated heterocycles. The Morgan fingerprint density at radius 1 is 1.21 bits per heavy atom. The van der Waals surface area contributed by atoms with Crippen molar-refractivity contribution in [2.24, 2.45) is 0 Å². The number of nitrogens with one attached hydrogen (secondary N) is 2. The molecule has 3 rings (SSSR count). The highest BCUT2D eigenvalue weighted by atomic mass is 15.4. The van der Waals surface area contributed by atoms with Crippen molar-refractivity contribution in [2.45, 2.75) is 13.3 Å². The molecule has 2 N–H and O–H groups in total. The largest absolute Gasteiger partial charge is 0.338 e. The summed E-state index contributed by atoms with van der Waals surface area (Å²) < 4.78 is 0. The Bertz CT molecular complexity index is 540. The van der Waals surface area contributed by atoms with Gasteiger partial charge in [-0.15, -0.1) is 5.10 Å². The molecule has 0 aliphatic carbocycles. The third kappa shape index (κ3) is 2.76. The Balaban J connectivity index is 1.82. The fourth-order valence-corrected chi connectivity index (χ4v) is 2.36. The molecule has 1 aromatic heterocycles. The maximum atomic E-state index is 4.62. The summed E-state index contributed by atoms with van der Waals surface area (Å²) in [7, 11) is 0. The fraction of sp³-hybridized carbons (Fsp3) is 0.429. The average molecular weight is 257 g/mol. The quantitative estimate of drug-likeness (QED) is 0.857. The maximum absolute atomic E-state index is 4.62. The van der Waals surface area contributed by atoms with Crippen molar-refractivity contribution >= 4 is 5.95 Å². The minimum atomic E-state index is 0.806. The van der Waals surface area contributed by atoms with E-state index >= 15 is 0 Å². The highest BCUT2D eigenvalue weighted by Crippen LogP contribution is 2.18. The van der Waals surface area contributed by atoms with Gasteiger partial charge in [0.2, 0.25) is 5.95 Å². The van der Waals surface area contributed by atoms with Crippen LogP contribution in [-0.2, 0) is 0 Å². The molecule has 0 bridgehead atoms. The zero-order valence-electron chi connectivity index (χ0n) is 11.2. The minimum Gasteiger partial charge on any atom is -0.338 e. The van der Waals surface area contributed by atoms with Gasteiger partial charge in [-0.05, 0) is 26.0 Å². The van der Waals surface area contributed by atoms with Gasteiger partial charge >= 0.3 is 0 Å². The maximum Gasteiger partial charge on any atom is 0.245 e. The van der Waals surface area contributed by atoms with Crippen LogP contribution in [-0.4, -0.2) is 41.4 Å². The number of nitrogens with zero attached hydrogens (tertiary/aromatic N) is 3. The van der Waals surface area contributed by atoms with E-state index in [1.165, 1.54) is 5.56 Å². The van der Waals surface area contributed by atoms with Gasteiger partial charge < -0.3 is 10.2 Å². The number of aromatic nitrogens is 3. The summed E-state index contributed by atoms with van der Waals surface area (Å²) in [5.74, 6) is 1.65. The summed E-state index contributed by atoms with van der Waals surface area (Å²) in [6.07, 6.45) is 1.13. The molecule has 1 aliphatic rings. The zero-order valence-corrected chi connectivity index (χ0v) is 11.2. The molecule has 5 nitrogen and oxygen atoms in total. The third-order valence-corrected chi connectivity index (χ3v) is 3.39. The van der Waals surface area contributed by atoms with Crippen molar-refractivity contribution < 1.29 is 0 Å². The van der Waals surface area contributed by atoms with Gasteiger partial charge in [-0.2, -0.15) is 4.98 Å². The molecule has 0 saturated carbocycles. The molecule has 0 spiro atoms. The second-order valence-electron chi connectivity index (χ2n) is 4.94. The van der Waals surface area contributed by atoms with Crippen molar-refractivity contribution in [2.75, 3.05) is 31.1 Å². The summed E-state index contributed by atoms with van der Waals surface area (Å²) in [4.78, 5) is 6.85. The highest BCUT2D eigenvalue weighted by Gasteiger charge is 2.14. The monoisotopic (exact) mass is 257 g/mol. The molecule has 2 heterocycles. The van der Waals surface area contributed by atoms with Crippen LogP contribution in [0.4, 0.5) is 5.95 Å². The van der Waals surface area contributed by atoms with Crippen LogP contribution in [0.3, 0.4) is 0 Å². The Morgan fingerprint density at radius 2 is 2.16 bits per heavy atom. The normalized spacial score (nSPS) is 16.4. The van der Waals surface area contributed by atoms with E-state index < -0.39 is 0 Å². The average Bonchev–Trinajstić information content (AvgIpc) is 2.75. The first-order valence-corrected chi connectivity index (χ1v) is 6.78. The van der Waals surface area contributed by atoms with Gasteiger partial charge in [0.1, 0.15) is 0 Å². The number of benzene rings is 1. The van der Waals surface area contributed by atoms with E-state index in [0.29, 0.717) is 0 Å². The van der Waals surface area contributed by atoms with Crippen LogP contribution in [0.2, 0.25) is 0 Å². The SMILES string of the molecule is Cc1cccc(-c2nc(N3CCCNCC3)n[nH]2)c1. The second kappa shape index (κ2) is 5.40. The molecule has 1 aliphatic heterocycles. The molecule has 0 radical (unpaired) electrons. The van der Waals surface area contributed by atoms with Crippen molar-refractivity contribution in [3.63, 3.8) is 0 Å². The number of aryl methyl sites for hydroxylation is 1. The summed E-state index contributed by atoms with van der Waals surface area (Å²) in [5, 5.41) is 10.8. The Kier molecular flexibility index (Phi) is 3.46. The van der Waals surface area contributed by atoms with E-state index in [2.05, 4.69) is 50.5 Å². The second-order valence-corrected chi connectivity index (χ2v) is 4.94. The van der Waals surface area contributed by atoms with Gasteiger partial charge in [-0.1, -0.05) is 23.8 Å². The lowest BCUT2D eigenvalue weighted by molar-refractivity contribution is 0.724. The van der Waals surface area contributed by atoms with Crippen LogP contribution in [0.5, 0.6) is 0 Å². The molecule has 100 valence electrons. The van der Waals surface area contributed by atoms with Crippen molar-refractivity contribution in [1.29, 1.82) is 0 Å². The van der Waals surface area contributed by atoms with E-state index in [1.807, 2.05) is 6.07 Å². The summed E-state index contributed by atoms with van der Waals surface area (Å²) >= 11 is 0. The molecule has 0 amide bonds. The van der Waals surface area contributed by atoms with Gasteiger partial charge in [0.25, 0.3) is 0 Å². The Hall–Kier alpha value is -1.88. The molecular formula is C14H19N5. The van der Waals surface area contributed by atoms with Gasteiger partial charge in [0.05, 0.1) is 0 Å². The lowest BCUT2D eigenvalue weighted by atomic mass is 10.1. The summed E-state index contributed by atoms with van der Waals surface area (Å²) in [5.41, 5.74) is 2.32. The van der Waals surface area contributed by atoms with E-state index in [9.17, 15) is 0 Å². The number of rotatable bonds is 2. The number of hydrogen-bond donors (Lipinski definition) is 2. The predicted octanol–water partition coefficient (Wildman–Crippen LogP) is 1.58. The van der Waals surface area contributed by atoms with Crippen molar-refractivity contribution in [3.8, 4) is 11.4 Å². The molecule has 19 heavy (non-hydrogen) atoms. The summed E-state index contributed by atoms with van der Waals surface area (Å²) in [6.45, 7) is 6.13. The predicted molar refractivity (Wildman–Crippen MR) is 76.3 cm³/mol. The van der Waals surface area contributed by atoms with Crippen molar-refractivity contribution in [1.82, 2.24) is 20.5 Å². The van der Waals surface area contributed by atoms with Gasteiger partial charge in [-0.3, -0.25) is 5.10 Å². The first-order valence-electron chi connectivity index (χ1n) is 6.78. The standard InChI is InChI=1S/C14H19N5/c1-11-4-2-5-12(10-11)13-16-14(18-17-13)19-8-3-6-15-7-9-19/h2,4-5,10,15H,3,6-9H2,1H3,(H,16,17,18). The molecule has 1 aromatic carbocycles. The van der Waals surface area contributed by atoms with Crippen LogP contribution in [0, 0.1) is 6.92 Å². The number of hydrogen-bond acceptors (Lipinski definition) is 4. The first-order chi connectivity index (χ1) is 9.33. The van der Waals surface area contributed by atoms with E-state index in [1.54, 1.807) is 0 Å². The fourth-order valence-electron chi connectivity index (χ4n) is 2.36. The van der Waals surface area contributed by atoms with Crippen molar-refractivity contribution in [3.05, 3.63) is 29.8 Å². The van der Waals surface area contributed by atoms with Gasteiger partial charge in [0.15, 0.2) is 5.82 Å². The number of H-pyrrole nitrogens is 1. The Morgan fingerprint density at radius 3 is 3.05 bits per heavy atom. The number of aromatic amines is 1. The topological polar surface area (TPSA) is 56.8 Å². The number of anilines is 1. The zero-order chi connectivity index (χ0) is 13.1. The lowest BCUT2D eigenvalue weighted by Crippen LogP contribution is -2.28. The third-order valence-electron chi connectivity index (χ3n) is 3.39. The minimum absolute atomic E-state index is 0.806.